The van der Waals surface area contributed by atoms with E-state index in [9.17, 15) is 9.59 Å². The summed E-state index contributed by atoms with van der Waals surface area (Å²) in [5.41, 5.74) is 2.57. The third-order valence-electron chi connectivity index (χ3n) is 4.67. The second-order valence-electron chi connectivity index (χ2n) is 6.80. The minimum atomic E-state index is -0.357. The van der Waals surface area contributed by atoms with Gasteiger partial charge in [-0.05, 0) is 43.3 Å². The fourth-order valence-corrected chi connectivity index (χ4v) is 3.13. The monoisotopic (exact) mass is 398 g/mol. The first-order chi connectivity index (χ1) is 14.5. The number of nitrogens with zero attached hydrogens (tertiary/aromatic N) is 3. The smallest absolute Gasteiger partial charge is 0.259 e. The maximum absolute atomic E-state index is 13.0. The molecule has 4 aromatic rings. The van der Waals surface area contributed by atoms with Crippen LogP contribution in [0.25, 0.3) is 22.4 Å². The average molecular weight is 398 g/mol. The Balaban J connectivity index is 1.68. The lowest BCUT2D eigenvalue weighted by molar-refractivity contribution is 0.101. The standard InChI is InChI=1S/C23H18N4O3/c1-15(28)16-7-9-18(10-8-16)25-23(29)19-14-27(12-4-11-24)26-22(19)21-13-17-5-2-3-6-20(17)30-21/h2-3,5-10,13-14H,4,12H2,1H3,(H,25,29). The first-order valence-corrected chi connectivity index (χ1v) is 9.41. The second kappa shape index (κ2) is 8.05. The highest BCUT2D eigenvalue weighted by atomic mass is 16.3. The zero-order valence-corrected chi connectivity index (χ0v) is 16.3. The van der Waals surface area contributed by atoms with Crippen LogP contribution in [0.1, 0.15) is 34.1 Å². The van der Waals surface area contributed by atoms with Crippen molar-refractivity contribution >= 4 is 28.3 Å². The van der Waals surface area contributed by atoms with Crippen LogP contribution < -0.4 is 5.32 Å². The minimum Gasteiger partial charge on any atom is -0.454 e. The van der Waals surface area contributed by atoms with E-state index in [4.69, 9.17) is 9.68 Å². The Morgan fingerprint density at radius 2 is 1.93 bits per heavy atom. The van der Waals surface area contributed by atoms with E-state index >= 15 is 0 Å². The molecule has 0 saturated carbocycles. The lowest BCUT2D eigenvalue weighted by atomic mass is 10.1. The van der Waals surface area contributed by atoms with Crippen LogP contribution in [0.3, 0.4) is 0 Å². The number of rotatable bonds is 6. The molecule has 7 heteroatoms. The Bertz CT molecular complexity index is 1240. The van der Waals surface area contributed by atoms with Crippen molar-refractivity contribution in [1.82, 2.24) is 9.78 Å². The van der Waals surface area contributed by atoms with Gasteiger partial charge in [0.2, 0.25) is 0 Å². The molecule has 2 heterocycles. The van der Waals surface area contributed by atoms with Gasteiger partial charge in [0.05, 0.1) is 24.6 Å². The van der Waals surface area contributed by atoms with Crippen LogP contribution in [0.2, 0.25) is 0 Å². The summed E-state index contributed by atoms with van der Waals surface area (Å²) in [7, 11) is 0. The van der Waals surface area contributed by atoms with Crippen LogP contribution in [-0.2, 0) is 6.54 Å². The molecule has 30 heavy (non-hydrogen) atoms. The largest absolute Gasteiger partial charge is 0.454 e. The van der Waals surface area contributed by atoms with Crippen LogP contribution in [0.4, 0.5) is 5.69 Å². The van der Waals surface area contributed by atoms with Crippen molar-refractivity contribution in [2.45, 2.75) is 19.9 Å². The van der Waals surface area contributed by atoms with Crippen LogP contribution in [0, 0.1) is 11.3 Å². The molecule has 148 valence electrons. The Hall–Kier alpha value is -4.18. The molecule has 0 saturated heterocycles. The summed E-state index contributed by atoms with van der Waals surface area (Å²) >= 11 is 0. The minimum absolute atomic E-state index is 0.0428. The third kappa shape index (κ3) is 3.84. The molecule has 2 aromatic heterocycles. The number of fused-ring (bicyclic) bond motifs is 1. The normalized spacial score (nSPS) is 10.7. The zero-order chi connectivity index (χ0) is 21.1. The zero-order valence-electron chi connectivity index (χ0n) is 16.3. The van der Waals surface area contributed by atoms with Gasteiger partial charge in [-0.1, -0.05) is 18.2 Å². The molecule has 0 unspecified atom stereocenters. The number of benzene rings is 2. The van der Waals surface area contributed by atoms with Gasteiger partial charge in [0, 0.05) is 22.8 Å². The second-order valence-corrected chi connectivity index (χ2v) is 6.80. The number of Topliss-reactive ketones (excluding diaryl/α,β-unsaturated/α-hetero) is 1. The lowest BCUT2D eigenvalue weighted by Crippen LogP contribution is -2.12. The van der Waals surface area contributed by atoms with E-state index in [1.807, 2.05) is 30.3 Å². The van der Waals surface area contributed by atoms with Gasteiger partial charge in [0.1, 0.15) is 11.3 Å². The summed E-state index contributed by atoms with van der Waals surface area (Å²) in [5.74, 6) is 0.0760. The van der Waals surface area contributed by atoms with Gasteiger partial charge >= 0.3 is 0 Å². The molecule has 2 aromatic carbocycles. The number of aryl methyl sites for hydroxylation is 1. The molecule has 0 aliphatic rings. The number of anilines is 1. The number of furan rings is 1. The SMILES string of the molecule is CC(=O)c1ccc(NC(=O)c2cn(CCC#N)nc2-c2cc3ccccc3o2)cc1. The fourth-order valence-electron chi connectivity index (χ4n) is 3.13. The molecular formula is C23H18N4O3. The van der Waals surface area contributed by atoms with E-state index in [0.717, 1.165) is 5.39 Å². The average Bonchev–Trinajstić information content (AvgIpc) is 3.36. The summed E-state index contributed by atoms with van der Waals surface area (Å²) < 4.78 is 7.47. The number of carbonyl (C=O) groups is 2. The predicted molar refractivity (Wildman–Crippen MR) is 112 cm³/mol. The van der Waals surface area contributed by atoms with Crippen LogP contribution >= 0.6 is 0 Å². The van der Waals surface area contributed by atoms with Crippen LogP contribution in [0.15, 0.2) is 65.2 Å². The Kier molecular flexibility index (Phi) is 5.14. The summed E-state index contributed by atoms with van der Waals surface area (Å²) in [6.45, 7) is 1.85. The molecule has 1 N–H and O–H groups in total. The van der Waals surface area contributed by atoms with E-state index < -0.39 is 0 Å². The topological polar surface area (TPSA) is 101 Å². The lowest BCUT2D eigenvalue weighted by Gasteiger charge is -2.05. The van der Waals surface area contributed by atoms with Crippen molar-refractivity contribution in [2.24, 2.45) is 0 Å². The van der Waals surface area contributed by atoms with E-state index in [0.29, 0.717) is 40.4 Å². The molecule has 0 bridgehead atoms. The molecule has 0 fully saturated rings. The fraction of sp³-hybridized carbons (Fsp3) is 0.130. The molecular weight excluding hydrogens is 380 g/mol. The molecule has 0 atom stereocenters. The molecule has 1 amide bonds. The number of hydrogen-bond donors (Lipinski definition) is 1. The van der Waals surface area contributed by atoms with Crippen molar-refractivity contribution in [2.75, 3.05) is 5.32 Å². The van der Waals surface area contributed by atoms with Gasteiger partial charge < -0.3 is 9.73 Å². The number of aromatic nitrogens is 2. The Labute approximate surface area is 172 Å². The molecule has 7 nitrogen and oxygen atoms in total. The first kappa shape index (κ1) is 19.2. The molecule has 0 radical (unpaired) electrons. The van der Waals surface area contributed by atoms with Crippen LogP contribution in [-0.4, -0.2) is 21.5 Å². The molecule has 0 spiro atoms. The van der Waals surface area contributed by atoms with E-state index in [-0.39, 0.29) is 18.1 Å². The van der Waals surface area contributed by atoms with Gasteiger partial charge in [0.15, 0.2) is 11.5 Å². The summed E-state index contributed by atoms with van der Waals surface area (Å²) in [4.78, 5) is 24.4. The number of nitrogens with one attached hydrogen (secondary N) is 1. The molecule has 0 aliphatic heterocycles. The number of hydrogen-bond acceptors (Lipinski definition) is 5. The van der Waals surface area contributed by atoms with Gasteiger partial charge in [-0.3, -0.25) is 14.3 Å². The van der Waals surface area contributed by atoms with Crippen molar-refractivity contribution in [3.8, 4) is 17.5 Å². The summed E-state index contributed by atoms with van der Waals surface area (Å²) in [6.07, 6.45) is 1.88. The van der Waals surface area contributed by atoms with E-state index in [2.05, 4.69) is 16.5 Å². The third-order valence-corrected chi connectivity index (χ3v) is 4.67. The van der Waals surface area contributed by atoms with Crippen molar-refractivity contribution in [3.05, 3.63) is 71.9 Å². The number of amides is 1. The summed E-state index contributed by atoms with van der Waals surface area (Å²) in [6, 6.07) is 18.1. The van der Waals surface area contributed by atoms with Gasteiger partial charge in [-0.25, -0.2) is 0 Å². The Morgan fingerprint density at radius 3 is 2.63 bits per heavy atom. The van der Waals surface area contributed by atoms with Gasteiger partial charge in [-0.2, -0.15) is 10.4 Å². The van der Waals surface area contributed by atoms with E-state index in [1.54, 1.807) is 35.1 Å². The molecule has 4 rings (SSSR count). The number of para-hydroxylation sites is 1. The van der Waals surface area contributed by atoms with Crippen molar-refractivity contribution < 1.29 is 14.0 Å². The highest BCUT2D eigenvalue weighted by Gasteiger charge is 2.21. The van der Waals surface area contributed by atoms with Crippen molar-refractivity contribution in [1.29, 1.82) is 5.26 Å². The predicted octanol–water partition coefficient (Wildman–Crippen LogP) is 4.66. The number of carbonyl (C=O) groups excluding carboxylic acids is 2. The number of ketones is 1. The summed E-state index contributed by atoms with van der Waals surface area (Å²) in [5, 5.41) is 17.1. The maximum Gasteiger partial charge on any atom is 0.259 e. The number of nitriles is 1. The maximum atomic E-state index is 13.0. The highest BCUT2D eigenvalue weighted by molar-refractivity contribution is 6.08. The quantitative estimate of drug-likeness (QED) is 0.476. The molecule has 0 aliphatic carbocycles. The Morgan fingerprint density at radius 1 is 1.17 bits per heavy atom. The van der Waals surface area contributed by atoms with Crippen LogP contribution in [0.5, 0.6) is 0 Å². The first-order valence-electron chi connectivity index (χ1n) is 9.41. The van der Waals surface area contributed by atoms with Crippen molar-refractivity contribution in [3.63, 3.8) is 0 Å². The van der Waals surface area contributed by atoms with Gasteiger partial charge in [-0.15, -0.1) is 0 Å². The highest BCUT2D eigenvalue weighted by Crippen LogP contribution is 2.29. The van der Waals surface area contributed by atoms with E-state index in [1.165, 1.54) is 6.92 Å². The van der Waals surface area contributed by atoms with Gasteiger partial charge in [0.25, 0.3) is 5.91 Å².